The zero-order chi connectivity index (χ0) is 16.1. The third-order valence-corrected chi connectivity index (χ3v) is 4.34. The lowest BCUT2D eigenvalue weighted by molar-refractivity contribution is 0.00578. The molecule has 3 nitrogen and oxygen atoms in total. The third-order valence-electron chi connectivity index (χ3n) is 4.34. The molecule has 0 spiro atoms. The van der Waals surface area contributed by atoms with E-state index in [0.29, 0.717) is 0 Å². The van der Waals surface area contributed by atoms with E-state index >= 15 is 0 Å². The molecule has 1 fully saturated rings. The second-order valence-corrected chi connectivity index (χ2v) is 6.71. The third kappa shape index (κ3) is 4.62. The number of rotatable bonds is 7. The molecular weight excluding hydrogens is 275 g/mol. The monoisotopic (exact) mass is 302 g/mol. The molecule has 0 aliphatic carbocycles. The first-order valence-corrected chi connectivity index (χ1v) is 8.11. The molecule has 1 aromatic carbocycles. The van der Waals surface area contributed by atoms with Crippen LogP contribution in [0.3, 0.4) is 0 Å². The van der Waals surface area contributed by atoms with E-state index in [0.717, 1.165) is 31.6 Å². The van der Waals surface area contributed by atoms with Crippen LogP contribution in [0.2, 0.25) is 0 Å². The Morgan fingerprint density at radius 2 is 1.64 bits per heavy atom. The maximum absolute atomic E-state index is 5.92. The van der Waals surface area contributed by atoms with E-state index in [2.05, 4.69) is 33.8 Å². The number of para-hydroxylation sites is 1. The molecule has 120 valence electrons. The van der Waals surface area contributed by atoms with E-state index in [-0.39, 0.29) is 18.3 Å². The number of unbranched alkanes of at least 4 members (excludes halogenated alkanes) is 2. The molecule has 0 atom stereocenters. The Morgan fingerprint density at radius 3 is 2.27 bits per heavy atom. The molecule has 2 rings (SSSR count). The van der Waals surface area contributed by atoms with E-state index < -0.39 is 0 Å². The Balaban J connectivity index is 1.59. The van der Waals surface area contributed by atoms with Crippen molar-refractivity contribution >= 4 is 7.12 Å². The Labute approximate surface area is 134 Å². The highest BCUT2D eigenvalue weighted by atomic mass is 16.7. The quantitative estimate of drug-likeness (QED) is 0.551. The molecule has 1 aliphatic rings. The van der Waals surface area contributed by atoms with Gasteiger partial charge in [0.1, 0.15) is 5.75 Å². The summed E-state index contributed by atoms with van der Waals surface area (Å²) in [5.74, 6) is 2.96. The van der Waals surface area contributed by atoms with E-state index in [9.17, 15) is 0 Å². The zero-order valence-electron chi connectivity index (χ0n) is 14.2. The number of hydrogen-bond donors (Lipinski definition) is 0. The number of hydrogen-bond acceptors (Lipinski definition) is 3. The van der Waals surface area contributed by atoms with Crippen molar-refractivity contribution in [3.05, 3.63) is 42.4 Å². The van der Waals surface area contributed by atoms with Gasteiger partial charge in [0.2, 0.25) is 0 Å². The van der Waals surface area contributed by atoms with Gasteiger partial charge >= 0.3 is 7.12 Å². The first kappa shape index (κ1) is 17.1. The summed E-state index contributed by atoms with van der Waals surface area (Å²) in [6.07, 6.45) is 5.30. The lowest BCUT2D eigenvalue weighted by Gasteiger charge is -2.32. The van der Waals surface area contributed by atoms with Crippen LogP contribution in [0.25, 0.3) is 0 Å². The van der Waals surface area contributed by atoms with Gasteiger partial charge in [-0.25, -0.2) is 0 Å². The lowest BCUT2D eigenvalue weighted by atomic mass is 9.89. The Hall–Kier alpha value is -1.26. The summed E-state index contributed by atoms with van der Waals surface area (Å²) in [4.78, 5) is 0. The molecule has 1 aromatic rings. The first-order valence-electron chi connectivity index (χ1n) is 8.11. The minimum atomic E-state index is -0.258. The van der Waals surface area contributed by atoms with Crippen molar-refractivity contribution in [1.82, 2.24) is 0 Å². The number of benzene rings is 1. The molecule has 0 N–H and O–H groups in total. The highest BCUT2D eigenvalue weighted by Crippen LogP contribution is 2.36. The van der Waals surface area contributed by atoms with Crippen LogP contribution in [0.15, 0.2) is 42.4 Å². The fourth-order valence-electron chi connectivity index (χ4n) is 2.25. The highest BCUT2D eigenvalue weighted by molar-refractivity contribution is 6.51. The van der Waals surface area contributed by atoms with Gasteiger partial charge in [-0.1, -0.05) is 30.3 Å². The standard InChI is InChI=1S/C18H27BO3/c1-17(2)18(3,4)22-19(21-17)14-10-5-6-11-15-20-16-12-8-7-9-13-16/h7-10,12-14H,5-6,11,15H2,1-4H3. The van der Waals surface area contributed by atoms with Crippen molar-refractivity contribution in [1.29, 1.82) is 0 Å². The van der Waals surface area contributed by atoms with Crippen LogP contribution >= 0.6 is 0 Å². The van der Waals surface area contributed by atoms with Gasteiger partial charge in [-0.2, -0.15) is 0 Å². The molecular formula is C18H27BO3. The summed E-state index contributed by atoms with van der Waals surface area (Å²) in [5, 5.41) is 0. The van der Waals surface area contributed by atoms with E-state index in [1.165, 1.54) is 0 Å². The van der Waals surface area contributed by atoms with Crippen molar-refractivity contribution < 1.29 is 14.0 Å². The van der Waals surface area contributed by atoms with Crippen LogP contribution < -0.4 is 4.74 Å². The largest absolute Gasteiger partial charge is 0.494 e. The molecule has 0 saturated carbocycles. The second kappa shape index (κ2) is 7.34. The molecule has 0 aromatic heterocycles. The highest BCUT2D eigenvalue weighted by Gasteiger charge is 2.49. The molecule has 1 heterocycles. The van der Waals surface area contributed by atoms with Crippen LogP contribution in [0.1, 0.15) is 47.0 Å². The van der Waals surface area contributed by atoms with Crippen molar-refractivity contribution in [2.24, 2.45) is 0 Å². The summed E-state index contributed by atoms with van der Waals surface area (Å²) in [7, 11) is -0.231. The Morgan fingerprint density at radius 1 is 1.00 bits per heavy atom. The maximum atomic E-state index is 5.92. The maximum Gasteiger partial charge on any atom is 0.486 e. The van der Waals surface area contributed by atoms with Gasteiger partial charge in [-0.15, -0.1) is 0 Å². The van der Waals surface area contributed by atoms with Gasteiger partial charge in [0.25, 0.3) is 0 Å². The summed E-state index contributed by atoms with van der Waals surface area (Å²) in [6, 6.07) is 9.94. The predicted molar refractivity (Wildman–Crippen MR) is 91.0 cm³/mol. The van der Waals surface area contributed by atoms with E-state index in [1.807, 2.05) is 36.3 Å². The zero-order valence-corrected chi connectivity index (χ0v) is 14.2. The average molecular weight is 302 g/mol. The minimum Gasteiger partial charge on any atom is -0.494 e. The SMILES string of the molecule is CC1(C)OB(C=CCCCCOc2ccccc2)OC1(C)C. The van der Waals surface area contributed by atoms with Gasteiger partial charge in [0.15, 0.2) is 0 Å². The van der Waals surface area contributed by atoms with Crippen LogP contribution in [0, 0.1) is 0 Å². The normalized spacial score (nSPS) is 19.7. The van der Waals surface area contributed by atoms with E-state index in [1.54, 1.807) is 0 Å². The van der Waals surface area contributed by atoms with Crippen LogP contribution in [-0.2, 0) is 9.31 Å². The fraction of sp³-hybridized carbons (Fsp3) is 0.556. The molecule has 1 aliphatic heterocycles. The van der Waals surface area contributed by atoms with Gasteiger partial charge in [0.05, 0.1) is 17.8 Å². The molecule has 0 radical (unpaired) electrons. The number of ether oxygens (including phenoxy) is 1. The van der Waals surface area contributed by atoms with Crippen LogP contribution in [-0.4, -0.2) is 24.9 Å². The predicted octanol–water partition coefficient (Wildman–Crippen LogP) is 4.42. The van der Waals surface area contributed by atoms with E-state index in [4.69, 9.17) is 14.0 Å². The molecule has 1 saturated heterocycles. The summed E-state index contributed by atoms with van der Waals surface area (Å²) in [6.45, 7) is 9.04. The topological polar surface area (TPSA) is 27.7 Å². The van der Waals surface area contributed by atoms with Gasteiger partial charge in [-0.05, 0) is 59.1 Å². The van der Waals surface area contributed by atoms with Crippen molar-refractivity contribution in [3.63, 3.8) is 0 Å². The Bertz CT molecular complexity index is 466. The molecule has 4 heteroatoms. The first-order chi connectivity index (χ1) is 10.4. The summed E-state index contributed by atoms with van der Waals surface area (Å²) in [5.41, 5.74) is -0.517. The fourth-order valence-corrected chi connectivity index (χ4v) is 2.25. The summed E-state index contributed by atoms with van der Waals surface area (Å²) >= 11 is 0. The summed E-state index contributed by atoms with van der Waals surface area (Å²) < 4.78 is 17.5. The minimum absolute atomic E-state index is 0.231. The smallest absolute Gasteiger partial charge is 0.486 e. The van der Waals surface area contributed by atoms with Gasteiger partial charge < -0.3 is 14.0 Å². The van der Waals surface area contributed by atoms with Crippen molar-refractivity contribution in [2.75, 3.05) is 6.61 Å². The molecule has 0 unspecified atom stereocenters. The lowest BCUT2D eigenvalue weighted by Crippen LogP contribution is -2.41. The van der Waals surface area contributed by atoms with Gasteiger partial charge in [0, 0.05) is 0 Å². The van der Waals surface area contributed by atoms with Crippen molar-refractivity contribution in [2.45, 2.75) is 58.2 Å². The second-order valence-electron chi connectivity index (χ2n) is 6.71. The average Bonchev–Trinajstić information content (AvgIpc) is 2.67. The van der Waals surface area contributed by atoms with Crippen molar-refractivity contribution in [3.8, 4) is 5.75 Å². The number of allylic oxidation sites excluding steroid dienone is 1. The molecule has 0 amide bonds. The van der Waals surface area contributed by atoms with Crippen LogP contribution in [0.4, 0.5) is 0 Å². The van der Waals surface area contributed by atoms with Gasteiger partial charge in [-0.3, -0.25) is 0 Å². The van der Waals surface area contributed by atoms with Crippen LogP contribution in [0.5, 0.6) is 5.75 Å². The Kier molecular flexibility index (Phi) is 5.71. The molecule has 0 bridgehead atoms. The molecule has 22 heavy (non-hydrogen) atoms.